The summed E-state index contributed by atoms with van der Waals surface area (Å²) in [5, 5.41) is 0.269. The standard InChI is InChI=1S/C22H27ClO5S/c1-13-9-8-10-14(11-13)18-16(23)17(26-12-15(24)27-21(2,3)4)19(29-18)20(25)28-22(5,6)7/h8-11H,12H2,1-7H3. The number of ether oxygens (including phenoxy) is 3. The molecule has 0 radical (unpaired) electrons. The number of carbonyl (C=O) groups excluding carboxylic acids is 2. The third-order valence-corrected chi connectivity index (χ3v) is 5.10. The van der Waals surface area contributed by atoms with Crippen LogP contribution in [0.5, 0.6) is 5.75 Å². The Labute approximate surface area is 180 Å². The van der Waals surface area contributed by atoms with Crippen molar-refractivity contribution in [2.45, 2.75) is 59.7 Å². The van der Waals surface area contributed by atoms with Crippen LogP contribution in [0, 0.1) is 6.92 Å². The highest BCUT2D eigenvalue weighted by Crippen LogP contribution is 2.46. The molecule has 29 heavy (non-hydrogen) atoms. The van der Waals surface area contributed by atoms with Crippen LogP contribution in [0.1, 0.15) is 56.8 Å². The van der Waals surface area contributed by atoms with Crippen molar-refractivity contribution in [3.05, 3.63) is 39.7 Å². The minimum Gasteiger partial charge on any atom is -0.479 e. The van der Waals surface area contributed by atoms with E-state index in [1.807, 2.05) is 31.2 Å². The first-order valence-electron chi connectivity index (χ1n) is 9.24. The summed E-state index contributed by atoms with van der Waals surface area (Å²) in [5.41, 5.74) is 0.595. The topological polar surface area (TPSA) is 61.8 Å². The molecular weight excluding hydrogens is 412 g/mol. The van der Waals surface area contributed by atoms with Gasteiger partial charge in [-0.1, -0.05) is 41.4 Å². The van der Waals surface area contributed by atoms with Gasteiger partial charge in [-0.25, -0.2) is 9.59 Å². The number of hydrogen-bond acceptors (Lipinski definition) is 6. The maximum atomic E-state index is 12.8. The number of rotatable bonds is 5. The molecule has 0 saturated heterocycles. The van der Waals surface area contributed by atoms with Crippen molar-refractivity contribution in [2.75, 3.05) is 6.61 Å². The average molecular weight is 439 g/mol. The first-order chi connectivity index (χ1) is 13.3. The first-order valence-corrected chi connectivity index (χ1v) is 10.4. The Kier molecular flexibility index (Phi) is 7.01. The highest BCUT2D eigenvalue weighted by Gasteiger charge is 2.29. The molecule has 0 atom stereocenters. The van der Waals surface area contributed by atoms with E-state index in [4.69, 9.17) is 25.8 Å². The third kappa shape index (κ3) is 6.75. The van der Waals surface area contributed by atoms with Gasteiger partial charge in [0.1, 0.15) is 16.2 Å². The van der Waals surface area contributed by atoms with E-state index >= 15 is 0 Å². The number of carbonyl (C=O) groups is 2. The summed E-state index contributed by atoms with van der Waals surface area (Å²) in [6.07, 6.45) is 0. The van der Waals surface area contributed by atoms with Crippen molar-refractivity contribution in [1.29, 1.82) is 0 Å². The zero-order valence-electron chi connectivity index (χ0n) is 17.8. The van der Waals surface area contributed by atoms with Crippen LogP contribution in [0.4, 0.5) is 0 Å². The second-order valence-electron chi connectivity index (χ2n) is 8.65. The predicted molar refractivity (Wildman–Crippen MR) is 116 cm³/mol. The number of esters is 2. The fraction of sp³-hybridized carbons (Fsp3) is 0.455. The zero-order chi connectivity index (χ0) is 22.0. The Morgan fingerprint density at radius 2 is 1.66 bits per heavy atom. The molecule has 0 saturated carbocycles. The summed E-state index contributed by atoms with van der Waals surface area (Å²) >= 11 is 7.75. The minimum atomic E-state index is -0.681. The van der Waals surface area contributed by atoms with Crippen molar-refractivity contribution in [3.63, 3.8) is 0 Å². The van der Waals surface area contributed by atoms with Gasteiger partial charge in [0.25, 0.3) is 0 Å². The zero-order valence-corrected chi connectivity index (χ0v) is 19.4. The number of aryl methyl sites for hydroxylation is 1. The Hall–Kier alpha value is -2.05. The van der Waals surface area contributed by atoms with Crippen molar-refractivity contribution < 1.29 is 23.8 Å². The lowest BCUT2D eigenvalue weighted by Crippen LogP contribution is -2.28. The normalized spacial score (nSPS) is 11.9. The van der Waals surface area contributed by atoms with Crippen molar-refractivity contribution in [2.24, 2.45) is 0 Å². The molecule has 0 bridgehead atoms. The quantitative estimate of drug-likeness (QED) is 0.531. The molecule has 0 aliphatic carbocycles. The van der Waals surface area contributed by atoms with Crippen LogP contribution in [0.15, 0.2) is 24.3 Å². The maximum Gasteiger partial charge on any atom is 0.352 e. The Morgan fingerprint density at radius 3 is 2.21 bits per heavy atom. The molecule has 0 aliphatic heterocycles. The molecule has 0 amide bonds. The van der Waals surface area contributed by atoms with Crippen molar-refractivity contribution >= 4 is 34.9 Å². The van der Waals surface area contributed by atoms with Crippen LogP contribution in [-0.2, 0) is 14.3 Å². The summed E-state index contributed by atoms with van der Waals surface area (Å²) in [6, 6.07) is 7.75. The van der Waals surface area contributed by atoms with E-state index in [-0.39, 0.29) is 22.3 Å². The molecule has 0 unspecified atom stereocenters. The van der Waals surface area contributed by atoms with Gasteiger partial charge in [0.2, 0.25) is 0 Å². The summed E-state index contributed by atoms with van der Waals surface area (Å²) in [6.45, 7) is 12.3. The van der Waals surface area contributed by atoms with Gasteiger partial charge in [0.05, 0.1) is 4.88 Å². The van der Waals surface area contributed by atoms with Crippen LogP contribution < -0.4 is 4.74 Å². The van der Waals surface area contributed by atoms with E-state index in [9.17, 15) is 9.59 Å². The molecule has 0 fully saturated rings. The fourth-order valence-corrected chi connectivity index (χ4v) is 3.90. The molecule has 1 aromatic heterocycles. The second kappa shape index (κ2) is 8.76. The number of halogens is 1. The molecule has 0 spiro atoms. The molecule has 2 aromatic rings. The number of hydrogen-bond donors (Lipinski definition) is 0. The van der Waals surface area contributed by atoms with Gasteiger partial charge < -0.3 is 14.2 Å². The SMILES string of the molecule is Cc1cccc(-c2sc(C(=O)OC(C)(C)C)c(OCC(=O)OC(C)(C)C)c2Cl)c1. The summed E-state index contributed by atoms with van der Waals surface area (Å²) in [5.74, 6) is -0.970. The van der Waals surface area contributed by atoms with Gasteiger partial charge in [-0.15, -0.1) is 11.3 Å². The summed E-state index contributed by atoms with van der Waals surface area (Å²) < 4.78 is 16.4. The van der Waals surface area contributed by atoms with E-state index in [0.29, 0.717) is 4.88 Å². The summed E-state index contributed by atoms with van der Waals surface area (Å²) in [4.78, 5) is 25.7. The van der Waals surface area contributed by atoms with E-state index in [2.05, 4.69) is 0 Å². The van der Waals surface area contributed by atoms with Gasteiger partial charge >= 0.3 is 11.9 Å². The monoisotopic (exact) mass is 438 g/mol. The largest absolute Gasteiger partial charge is 0.479 e. The molecular formula is C22H27ClO5S. The van der Waals surface area contributed by atoms with Crippen LogP contribution in [-0.4, -0.2) is 29.7 Å². The Morgan fingerprint density at radius 1 is 1.03 bits per heavy atom. The second-order valence-corrected chi connectivity index (χ2v) is 10.0. The highest BCUT2D eigenvalue weighted by molar-refractivity contribution is 7.18. The molecule has 158 valence electrons. The van der Waals surface area contributed by atoms with Crippen LogP contribution >= 0.6 is 22.9 Å². The van der Waals surface area contributed by atoms with E-state index in [1.165, 1.54) is 11.3 Å². The molecule has 2 rings (SSSR count). The smallest absolute Gasteiger partial charge is 0.352 e. The fourth-order valence-electron chi connectivity index (χ4n) is 2.46. The maximum absolute atomic E-state index is 12.8. The van der Waals surface area contributed by atoms with Gasteiger partial charge in [-0.05, 0) is 54.0 Å². The molecule has 0 N–H and O–H groups in total. The molecule has 7 heteroatoms. The molecule has 1 heterocycles. The number of benzene rings is 1. The van der Waals surface area contributed by atoms with Gasteiger partial charge in [0.15, 0.2) is 17.2 Å². The lowest BCUT2D eigenvalue weighted by atomic mass is 10.1. The van der Waals surface area contributed by atoms with E-state index in [1.54, 1.807) is 41.5 Å². The van der Waals surface area contributed by atoms with Crippen LogP contribution in [0.2, 0.25) is 5.02 Å². The Balaban J connectivity index is 2.41. The number of thiophene rings is 1. The average Bonchev–Trinajstić information content (AvgIpc) is 2.86. The van der Waals surface area contributed by atoms with E-state index < -0.39 is 23.1 Å². The lowest BCUT2D eigenvalue weighted by Gasteiger charge is -2.20. The minimum absolute atomic E-state index is 0.133. The highest BCUT2D eigenvalue weighted by atomic mass is 35.5. The van der Waals surface area contributed by atoms with Crippen molar-refractivity contribution in [3.8, 4) is 16.2 Å². The molecule has 0 aliphatic rings. The van der Waals surface area contributed by atoms with Crippen molar-refractivity contribution in [1.82, 2.24) is 0 Å². The Bertz CT molecular complexity index is 903. The van der Waals surface area contributed by atoms with Crippen LogP contribution in [0.3, 0.4) is 0 Å². The van der Waals surface area contributed by atoms with Gasteiger partial charge in [-0.2, -0.15) is 0 Å². The van der Waals surface area contributed by atoms with Gasteiger partial charge in [0, 0.05) is 0 Å². The molecule has 5 nitrogen and oxygen atoms in total. The molecule has 1 aromatic carbocycles. The van der Waals surface area contributed by atoms with Crippen LogP contribution in [0.25, 0.3) is 10.4 Å². The van der Waals surface area contributed by atoms with E-state index in [0.717, 1.165) is 11.1 Å². The lowest BCUT2D eigenvalue weighted by molar-refractivity contribution is -0.157. The predicted octanol–water partition coefficient (Wildman–Crippen LogP) is 6.05. The third-order valence-electron chi connectivity index (χ3n) is 3.43. The summed E-state index contributed by atoms with van der Waals surface area (Å²) in [7, 11) is 0. The first kappa shape index (κ1) is 23.2. The van der Waals surface area contributed by atoms with Gasteiger partial charge in [-0.3, -0.25) is 0 Å².